The molecule has 0 nitrogen and oxygen atoms in total. The van der Waals surface area contributed by atoms with Gasteiger partial charge in [-0.15, -0.1) is 0 Å². The summed E-state index contributed by atoms with van der Waals surface area (Å²) in [4.78, 5) is 0. The van der Waals surface area contributed by atoms with E-state index in [1.54, 1.807) is 0 Å². The molecule has 0 bridgehead atoms. The second-order valence-electron chi connectivity index (χ2n) is 2.70. The van der Waals surface area contributed by atoms with Gasteiger partial charge in [-0.3, -0.25) is 0 Å². The predicted molar refractivity (Wildman–Crippen MR) is 51.4 cm³/mol. The van der Waals surface area contributed by atoms with E-state index < -0.39 is 0 Å². The van der Waals surface area contributed by atoms with Gasteiger partial charge in [0.2, 0.25) is 0 Å². The van der Waals surface area contributed by atoms with E-state index in [9.17, 15) is 0 Å². The van der Waals surface area contributed by atoms with Gasteiger partial charge in [-0.1, -0.05) is 0 Å². The molecule has 1 heteroatoms. The quantitative estimate of drug-likeness (QED) is 0.734. The molecule has 0 heterocycles. The van der Waals surface area contributed by atoms with Crippen LogP contribution >= 0.6 is 0 Å². The summed E-state index contributed by atoms with van der Waals surface area (Å²) in [5, 5.41) is 0. The van der Waals surface area contributed by atoms with Crippen molar-refractivity contribution in [1.82, 2.24) is 0 Å². The van der Waals surface area contributed by atoms with Gasteiger partial charge in [0.25, 0.3) is 0 Å². The van der Waals surface area contributed by atoms with Gasteiger partial charge >= 0.3 is 81.9 Å². The number of benzene rings is 1. The molecule has 0 aliphatic carbocycles. The van der Waals surface area contributed by atoms with E-state index in [4.69, 9.17) is 0 Å². The van der Waals surface area contributed by atoms with Crippen LogP contribution < -0.4 is 0 Å². The SMILES string of the molecule is CCC(C[TeH])c1ccccc1. The van der Waals surface area contributed by atoms with Crippen LogP contribution in [0.5, 0.6) is 0 Å². The fourth-order valence-corrected chi connectivity index (χ4v) is 2.53. The normalized spacial score (nSPS) is 12.9. The first kappa shape index (κ1) is 9.10. The van der Waals surface area contributed by atoms with Crippen LogP contribution in [0.1, 0.15) is 24.8 Å². The van der Waals surface area contributed by atoms with Gasteiger partial charge in [-0.2, -0.15) is 0 Å². The first-order valence-corrected chi connectivity index (χ1v) is 5.84. The van der Waals surface area contributed by atoms with Crippen molar-refractivity contribution in [3.8, 4) is 0 Å². The van der Waals surface area contributed by atoms with E-state index in [-0.39, 0.29) is 0 Å². The van der Waals surface area contributed by atoms with Crippen molar-refractivity contribution in [3.05, 3.63) is 35.9 Å². The summed E-state index contributed by atoms with van der Waals surface area (Å²) in [6, 6.07) is 10.8. The zero-order valence-corrected chi connectivity index (χ0v) is 9.38. The summed E-state index contributed by atoms with van der Waals surface area (Å²) in [5.74, 6) is 0.783. The third-order valence-corrected chi connectivity index (χ3v) is 3.24. The average molecular weight is 262 g/mol. The van der Waals surface area contributed by atoms with E-state index in [1.807, 2.05) is 22.3 Å². The zero-order valence-electron chi connectivity index (χ0n) is 6.83. The molecule has 1 aromatic rings. The Hall–Kier alpha value is 0.00961. The Morgan fingerprint density at radius 1 is 1.27 bits per heavy atom. The Morgan fingerprint density at radius 3 is 2.36 bits per heavy atom. The van der Waals surface area contributed by atoms with E-state index in [0.29, 0.717) is 0 Å². The summed E-state index contributed by atoms with van der Waals surface area (Å²) >= 11 is 1.91. The number of hydrogen-bond acceptors (Lipinski definition) is 0. The van der Waals surface area contributed by atoms with Gasteiger partial charge in [0.1, 0.15) is 0 Å². The van der Waals surface area contributed by atoms with Crippen LogP contribution in [0, 0.1) is 0 Å². The summed E-state index contributed by atoms with van der Waals surface area (Å²) < 4.78 is 1.30. The van der Waals surface area contributed by atoms with Crippen molar-refractivity contribution in [3.63, 3.8) is 0 Å². The van der Waals surface area contributed by atoms with E-state index >= 15 is 0 Å². The maximum absolute atomic E-state index is 2.26. The van der Waals surface area contributed by atoms with Crippen LogP contribution in [0.4, 0.5) is 0 Å². The molecule has 0 saturated heterocycles. The fraction of sp³-hybridized carbons (Fsp3) is 0.400. The molecule has 1 atom stereocenters. The van der Waals surface area contributed by atoms with Crippen LogP contribution in [0.2, 0.25) is 4.47 Å². The molecule has 0 aliphatic heterocycles. The van der Waals surface area contributed by atoms with Gasteiger partial charge in [0.15, 0.2) is 0 Å². The predicted octanol–water partition coefficient (Wildman–Crippen LogP) is 2.50. The monoisotopic (exact) mass is 264 g/mol. The van der Waals surface area contributed by atoms with Crippen LogP contribution in [0.25, 0.3) is 0 Å². The van der Waals surface area contributed by atoms with Crippen molar-refractivity contribution in [2.45, 2.75) is 23.7 Å². The van der Waals surface area contributed by atoms with Crippen LogP contribution in [0.15, 0.2) is 30.3 Å². The third kappa shape index (κ3) is 2.51. The molecule has 0 aromatic heterocycles. The van der Waals surface area contributed by atoms with Crippen molar-refractivity contribution in [2.75, 3.05) is 0 Å². The Labute approximate surface area is 81.9 Å². The van der Waals surface area contributed by atoms with Gasteiger partial charge in [0.05, 0.1) is 0 Å². The molecule has 0 spiro atoms. The van der Waals surface area contributed by atoms with Crippen LogP contribution in [0.3, 0.4) is 0 Å². The second-order valence-corrected chi connectivity index (χ2v) is 3.74. The van der Waals surface area contributed by atoms with Crippen molar-refractivity contribution in [1.29, 1.82) is 0 Å². The first-order chi connectivity index (χ1) is 5.38. The molecule has 0 aliphatic rings. The fourth-order valence-electron chi connectivity index (χ4n) is 1.20. The van der Waals surface area contributed by atoms with Gasteiger partial charge < -0.3 is 0 Å². The summed E-state index contributed by atoms with van der Waals surface area (Å²) in [6.07, 6.45) is 1.26. The minimum atomic E-state index is 0.783. The van der Waals surface area contributed by atoms with Crippen LogP contribution in [-0.2, 0) is 0 Å². The Balaban J connectivity index is 2.74. The van der Waals surface area contributed by atoms with E-state index in [2.05, 4.69) is 37.3 Å². The van der Waals surface area contributed by atoms with Gasteiger partial charge in [-0.25, -0.2) is 0 Å². The van der Waals surface area contributed by atoms with Crippen molar-refractivity contribution in [2.24, 2.45) is 0 Å². The number of hydrogen-bond donors (Lipinski definition) is 0. The molecule has 0 fully saturated rings. The molecule has 1 unspecified atom stereocenters. The standard InChI is InChI=1S/C10H14Te/c1-2-9(8-11)10-6-4-3-5-7-10/h3-7,9,11H,2,8H2,1H3. The first-order valence-electron chi connectivity index (χ1n) is 4.04. The third-order valence-electron chi connectivity index (χ3n) is 1.98. The average Bonchev–Trinajstić information content (AvgIpc) is 2.09. The van der Waals surface area contributed by atoms with Gasteiger partial charge in [-0.05, 0) is 0 Å². The molecular formula is C10H14Te. The molecule has 1 rings (SSSR count). The molecule has 0 amide bonds. The molecule has 0 N–H and O–H groups in total. The molecule has 1 aromatic carbocycles. The van der Waals surface area contributed by atoms with Crippen LogP contribution in [-0.4, -0.2) is 22.3 Å². The van der Waals surface area contributed by atoms with E-state index in [1.165, 1.54) is 16.5 Å². The molecule has 11 heavy (non-hydrogen) atoms. The Bertz CT molecular complexity index is 189. The Morgan fingerprint density at radius 2 is 1.91 bits per heavy atom. The molecule has 0 saturated carbocycles. The molecular weight excluding hydrogens is 248 g/mol. The molecule has 0 radical (unpaired) electrons. The second kappa shape index (κ2) is 4.80. The summed E-state index contributed by atoms with van der Waals surface area (Å²) in [5.41, 5.74) is 1.50. The molecule has 60 valence electrons. The van der Waals surface area contributed by atoms with Gasteiger partial charge in [0, 0.05) is 0 Å². The van der Waals surface area contributed by atoms with Crippen molar-refractivity contribution >= 4 is 22.3 Å². The number of rotatable bonds is 3. The zero-order chi connectivity index (χ0) is 8.10. The summed E-state index contributed by atoms with van der Waals surface area (Å²) in [7, 11) is 0. The van der Waals surface area contributed by atoms with Crippen molar-refractivity contribution < 1.29 is 0 Å². The summed E-state index contributed by atoms with van der Waals surface area (Å²) in [6.45, 7) is 2.26. The maximum atomic E-state index is 2.26. The Kier molecular flexibility index (Phi) is 3.97. The topological polar surface area (TPSA) is 0 Å². The van der Waals surface area contributed by atoms with E-state index in [0.717, 1.165) is 5.92 Å². The minimum absolute atomic E-state index is 0.783.